The Morgan fingerprint density at radius 1 is 0.840 bits per heavy atom. The van der Waals surface area contributed by atoms with Crippen LogP contribution in [0.5, 0.6) is 5.75 Å². The van der Waals surface area contributed by atoms with Crippen molar-refractivity contribution < 1.29 is 13.9 Å². The van der Waals surface area contributed by atoms with Gasteiger partial charge in [0.2, 0.25) is 0 Å². The molecule has 0 aliphatic rings. The number of nitrogens with one attached hydrogen (secondary N) is 1. The van der Waals surface area contributed by atoms with Gasteiger partial charge in [-0.1, -0.05) is 42.5 Å². The van der Waals surface area contributed by atoms with Crippen LogP contribution in [-0.2, 0) is 13.2 Å². The Labute approximate surface area is 146 Å². The Hall–Kier alpha value is -3.14. The molecule has 0 atom stereocenters. The van der Waals surface area contributed by atoms with Crippen LogP contribution in [0.15, 0.2) is 78.9 Å². The Morgan fingerprint density at radius 2 is 1.48 bits per heavy atom. The van der Waals surface area contributed by atoms with Gasteiger partial charge in [-0.2, -0.15) is 0 Å². The maximum atomic E-state index is 12.9. The number of hydrogen-bond acceptors (Lipinski definition) is 2. The summed E-state index contributed by atoms with van der Waals surface area (Å²) in [6.45, 7) is 0.805. The van der Waals surface area contributed by atoms with Crippen LogP contribution in [0.1, 0.15) is 21.5 Å². The molecule has 4 heteroatoms. The molecule has 3 rings (SSSR count). The van der Waals surface area contributed by atoms with Crippen LogP contribution in [0, 0.1) is 5.82 Å². The van der Waals surface area contributed by atoms with E-state index in [-0.39, 0.29) is 11.7 Å². The third-order valence-electron chi connectivity index (χ3n) is 3.73. The molecular weight excluding hydrogens is 317 g/mol. The molecule has 0 unspecified atom stereocenters. The molecule has 3 aromatic rings. The topological polar surface area (TPSA) is 38.3 Å². The molecule has 0 aliphatic heterocycles. The monoisotopic (exact) mass is 335 g/mol. The van der Waals surface area contributed by atoms with Crippen molar-refractivity contribution in [2.75, 3.05) is 0 Å². The van der Waals surface area contributed by atoms with Crippen molar-refractivity contribution in [1.82, 2.24) is 5.32 Å². The molecule has 0 fully saturated rings. The molecule has 25 heavy (non-hydrogen) atoms. The van der Waals surface area contributed by atoms with E-state index >= 15 is 0 Å². The van der Waals surface area contributed by atoms with E-state index in [1.54, 1.807) is 24.3 Å². The second-order valence-electron chi connectivity index (χ2n) is 5.61. The van der Waals surface area contributed by atoms with Crippen molar-refractivity contribution in [3.63, 3.8) is 0 Å². The molecule has 0 aliphatic carbocycles. The first kappa shape index (κ1) is 16.7. The smallest absolute Gasteiger partial charge is 0.251 e. The van der Waals surface area contributed by atoms with Crippen LogP contribution in [0.2, 0.25) is 0 Å². The lowest BCUT2D eigenvalue weighted by Gasteiger charge is -2.08. The third-order valence-corrected chi connectivity index (χ3v) is 3.73. The SMILES string of the molecule is O=C(NCc1ccc(F)cc1)c1ccc(COc2ccccc2)cc1. The molecule has 0 heterocycles. The highest BCUT2D eigenvalue weighted by atomic mass is 19.1. The highest BCUT2D eigenvalue weighted by Crippen LogP contribution is 2.12. The molecule has 0 aromatic heterocycles. The molecule has 1 amide bonds. The second-order valence-corrected chi connectivity index (χ2v) is 5.61. The van der Waals surface area contributed by atoms with Crippen LogP contribution in [0.3, 0.4) is 0 Å². The average Bonchev–Trinajstić information content (AvgIpc) is 2.67. The number of benzene rings is 3. The quantitative estimate of drug-likeness (QED) is 0.728. The Morgan fingerprint density at radius 3 is 2.16 bits per heavy atom. The van der Waals surface area contributed by atoms with Gasteiger partial charge in [0.15, 0.2) is 0 Å². The maximum Gasteiger partial charge on any atom is 0.251 e. The van der Waals surface area contributed by atoms with Crippen molar-refractivity contribution in [2.24, 2.45) is 0 Å². The average molecular weight is 335 g/mol. The minimum atomic E-state index is -0.289. The first-order valence-corrected chi connectivity index (χ1v) is 8.00. The molecule has 0 saturated carbocycles. The third kappa shape index (κ3) is 4.91. The van der Waals surface area contributed by atoms with Crippen molar-refractivity contribution in [2.45, 2.75) is 13.2 Å². The molecule has 0 spiro atoms. The van der Waals surface area contributed by atoms with E-state index in [0.717, 1.165) is 16.9 Å². The van der Waals surface area contributed by atoms with Gasteiger partial charge in [-0.25, -0.2) is 4.39 Å². The zero-order valence-electron chi connectivity index (χ0n) is 13.6. The number of carbonyl (C=O) groups is 1. The highest BCUT2D eigenvalue weighted by Gasteiger charge is 2.05. The van der Waals surface area contributed by atoms with Gasteiger partial charge in [0.25, 0.3) is 5.91 Å². The van der Waals surface area contributed by atoms with Crippen LogP contribution in [0.4, 0.5) is 4.39 Å². The second kappa shape index (κ2) is 8.11. The lowest BCUT2D eigenvalue weighted by Crippen LogP contribution is -2.22. The minimum absolute atomic E-state index is 0.167. The summed E-state index contributed by atoms with van der Waals surface area (Å²) in [6, 6.07) is 22.9. The Kier molecular flexibility index (Phi) is 5.42. The molecular formula is C21H18FNO2. The number of hydrogen-bond donors (Lipinski definition) is 1. The summed E-state index contributed by atoms with van der Waals surface area (Å²) in [4.78, 5) is 12.2. The number of amides is 1. The number of rotatable bonds is 6. The standard InChI is InChI=1S/C21H18FNO2/c22-19-12-8-16(9-13-19)14-23-21(24)18-10-6-17(7-11-18)15-25-20-4-2-1-3-5-20/h1-13H,14-15H2,(H,23,24). The van der Waals surface area contributed by atoms with Gasteiger partial charge in [-0.15, -0.1) is 0 Å². The summed E-state index contributed by atoms with van der Waals surface area (Å²) in [6.07, 6.45) is 0. The summed E-state index contributed by atoms with van der Waals surface area (Å²) in [5.74, 6) is 0.354. The fraction of sp³-hybridized carbons (Fsp3) is 0.0952. The van der Waals surface area contributed by atoms with Crippen LogP contribution < -0.4 is 10.1 Å². The molecule has 3 nitrogen and oxygen atoms in total. The number of carbonyl (C=O) groups excluding carboxylic acids is 1. The van der Waals surface area contributed by atoms with E-state index in [2.05, 4.69) is 5.32 Å². The van der Waals surface area contributed by atoms with Crippen LogP contribution >= 0.6 is 0 Å². The van der Waals surface area contributed by atoms with E-state index in [1.165, 1.54) is 12.1 Å². The fourth-order valence-corrected chi connectivity index (χ4v) is 2.32. The normalized spacial score (nSPS) is 10.3. The van der Waals surface area contributed by atoms with E-state index in [1.807, 2.05) is 42.5 Å². The number of halogens is 1. The molecule has 126 valence electrons. The number of para-hydroxylation sites is 1. The van der Waals surface area contributed by atoms with Gasteiger partial charge in [-0.05, 0) is 47.5 Å². The molecule has 0 saturated heterocycles. The van der Waals surface area contributed by atoms with E-state index in [0.29, 0.717) is 18.7 Å². The van der Waals surface area contributed by atoms with Gasteiger partial charge in [0.1, 0.15) is 18.2 Å². The summed E-state index contributed by atoms with van der Waals surface area (Å²) >= 11 is 0. The largest absolute Gasteiger partial charge is 0.489 e. The lowest BCUT2D eigenvalue weighted by molar-refractivity contribution is 0.0951. The van der Waals surface area contributed by atoms with Gasteiger partial charge < -0.3 is 10.1 Å². The first-order valence-electron chi connectivity index (χ1n) is 8.00. The molecule has 1 N–H and O–H groups in total. The summed E-state index contributed by atoms with van der Waals surface area (Å²) in [7, 11) is 0. The molecule has 0 bridgehead atoms. The van der Waals surface area contributed by atoms with Gasteiger partial charge in [-0.3, -0.25) is 4.79 Å². The Balaban J connectivity index is 1.52. The van der Waals surface area contributed by atoms with Crippen molar-refractivity contribution in [3.05, 3.63) is 101 Å². The zero-order valence-corrected chi connectivity index (χ0v) is 13.6. The van der Waals surface area contributed by atoms with E-state index in [9.17, 15) is 9.18 Å². The fourth-order valence-electron chi connectivity index (χ4n) is 2.32. The molecule has 0 radical (unpaired) electrons. The van der Waals surface area contributed by atoms with Crippen LogP contribution in [0.25, 0.3) is 0 Å². The summed E-state index contributed by atoms with van der Waals surface area (Å²) < 4.78 is 18.5. The van der Waals surface area contributed by atoms with Crippen LogP contribution in [-0.4, -0.2) is 5.91 Å². The van der Waals surface area contributed by atoms with Gasteiger partial charge in [0.05, 0.1) is 0 Å². The Bertz CT molecular complexity index is 815. The van der Waals surface area contributed by atoms with E-state index in [4.69, 9.17) is 4.74 Å². The minimum Gasteiger partial charge on any atom is -0.489 e. The molecule has 3 aromatic carbocycles. The van der Waals surface area contributed by atoms with Crippen molar-refractivity contribution >= 4 is 5.91 Å². The van der Waals surface area contributed by atoms with Gasteiger partial charge >= 0.3 is 0 Å². The summed E-state index contributed by atoms with van der Waals surface area (Å²) in [5.41, 5.74) is 2.41. The van der Waals surface area contributed by atoms with Crippen molar-refractivity contribution in [1.29, 1.82) is 0 Å². The van der Waals surface area contributed by atoms with E-state index < -0.39 is 0 Å². The predicted molar refractivity (Wildman–Crippen MR) is 94.8 cm³/mol. The van der Waals surface area contributed by atoms with Crippen molar-refractivity contribution in [3.8, 4) is 5.75 Å². The number of ether oxygens (including phenoxy) is 1. The maximum absolute atomic E-state index is 12.9. The summed E-state index contributed by atoms with van der Waals surface area (Å²) in [5, 5.41) is 2.82. The predicted octanol–water partition coefficient (Wildman–Crippen LogP) is 4.33. The highest BCUT2D eigenvalue weighted by molar-refractivity contribution is 5.94. The van der Waals surface area contributed by atoms with Gasteiger partial charge in [0, 0.05) is 12.1 Å². The first-order chi connectivity index (χ1) is 12.2. The zero-order chi connectivity index (χ0) is 17.5. The lowest BCUT2D eigenvalue weighted by atomic mass is 10.1.